The highest BCUT2D eigenvalue weighted by atomic mass is 19.1. The van der Waals surface area contributed by atoms with Crippen LogP contribution < -0.4 is 10.1 Å². The maximum atomic E-state index is 13.1. The van der Waals surface area contributed by atoms with E-state index in [1.54, 1.807) is 12.3 Å². The lowest BCUT2D eigenvalue weighted by atomic mass is 10.1. The lowest BCUT2D eigenvalue weighted by Crippen LogP contribution is -2.15. The summed E-state index contributed by atoms with van der Waals surface area (Å²) in [5.74, 6) is 1.79. The average molecular weight is 273 g/mol. The van der Waals surface area contributed by atoms with Crippen LogP contribution >= 0.6 is 0 Å². The first-order valence-electron chi connectivity index (χ1n) is 7.10. The first kappa shape index (κ1) is 13.2. The molecule has 0 unspecified atom stereocenters. The van der Waals surface area contributed by atoms with Gasteiger partial charge in [-0.25, -0.2) is 9.37 Å². The highest BCUT2D eigenvalue weighted by molar-refractivity contribution is 5.43. The van der Waals surface area contributed by atoms with E-state index in [-0.39, 0.29) is 5.83 Å². The first-order chi connectivity index (χ1) is 9.79. The molecule has 1 fully saturated rings. The van der Waals surface area contributed by atoms with Gasteiger partial charge in [0.2, 0.25) is 0 Å². The largest absolute Gasteiger partial charge is 0.457 e. The molecule has 2 aliphatic carbocycles. The fraction of sp³-hybridized carbons (Fsp3) is 0.375. The summed E-state index contributed by atoms with van der Waals surface area (Å²) in [6.45, 7) is 0. The molecule has 1 aromatic heterocycles. The van der Waals surface area contributed by atoms with Crippen LogP contribution in [0, 0.1) is 6.42 Å². The molecule has 1 aromatic rings. The zero-order valence-corrected chi connectivity index (χ0v) is 11.3. The molecule has 1 radical (unpaired) electrons. The van der Waals surface area contributed by atoms with Crippen LogP contribution in [0.1, 0.15) is 32.1 Å². The Hall–Kier alpha value is -1.84. The van der Waals surface area contributed by atoms with E-state index < -0.39 is 0 Å². The Labute approximate surface area is 118 Å². The number of ether oxygens (including phenoxy) is 1. The molecule has 3 rings (SSSR count). The predicted molar refractivity (Wildman–Crippen MR) is 76.9 cm³/mol. The van der Waals surface area contributed by atoms with Gasteiger partial charge in [0.1, 0.15) is 23.2 Å². The van der Waals surface area contributed by atoms with E-state index >= 15 is 0 Å². The van der Waals surface area contributed by atoms with Gasteiger partial charge in [-0.2, -0.15) is 0 Å². The van der Waals surface area contributed by atoms with Crippen molar-refractivity contribution in [3.05, 3.63) is 48.5 Å². The number of hydrogen-bond acceptors (Lipinski definition) is 3. The van der Waals surface area contributed by atoms with Crippen LogP contribution in [0.3, 0.4) is 0 Å². The topological polar surface area (TPSA) is 34.1 Å². The Morgan fingerprint density at radius 1 is 1.30 bits per heavy atom. The maximum absolute atomic E-state index is 13.1. The van der Waals surface area contributed by atoms with Gasteiger partial charge in [-0.3, -0.25) is 0 Å². The van der Waals surface area contributed by atoms with Crippen LogP contribution in [0.4, 0.5) is 10.2 Å². The van der Waals surface area contributed by atoms with Gasteiger partial charge in [0.15, 0.2) is 0 Å². The fourth-order valence-electron chi connectivity index (χ4n) is 2.58. The molecule has 3 nitrogen and oxygen atoms in total. The van der Waals surface area contributed by atoms with Crippen LogP contribution in [0.5, 0.6) is 5.75 Å². The van der Waals surface area contributed by atoms with Crippen molar-refractivity contribution in [1.29, 1.82) is 0 Å². The van der Waals surface area contributed by atoms with Gasteiger partial charge in [0.25, 0.3) is 0 Å². The van der Waals surface area contributed by atoms with Crippen molar-refractivity contribution >= 4 is 5.82 Å². The summed E-state index contributed by atoms with van der Waals surface area (Å²) in [5, 5.41) is 3.42. The fourth-order valence-corrected chi connectivity index (χ4v) is 2.58. The lowest BCUT2D eigenvalue weighted by Gasteiger charge is -2.14. The summed E-state index contributed by atoms with van der Waals surface area (Å²) in [6, 6.07) is 4.16. The first-order valence-corrected chi connectivity index (χ1v) is 7.10. The number of hydrogen-bond donors (Lipinski definition) is 1. The highest BCUT2D eigenvalue weighted by Crippen LogP contribution is 2.25. The smallest absolute Gasteiger partial charge is 0.132 e. The molecule has 0 aliphatic heterocycles. The number of nitrogens with one attached hydrogen (secondary N) is 1. The van der Waals surface area contributed by atoms with E-state index in [1.807, 2.05) is 12.1 Å². The second-order valence-electron chi connectivity index (χ2n) is 5.18. The summed E-state index contributed by atoms with van der Waals surface area (Å²) in [4.78, 5) is 4.30. The molecule has 1 N–H and O–H groups in total. The van der Waals surface area contributed by atoms with Crippen molar-refractivity contribution < 1.29 is 9.13 Å². The van der Waals surface area contributed by atoms with Gasteiger partial charge in [-0.15, -0.1) is 0 Å². The summed E-state index contributed by atoms with van der Waals surface area (Å²) in [7, 11) is 0. The molecule has 0 amide bonds. The lowest BCUT2D eigenvalue weighted by molar-refractivity contribution is 0.434. The van der Waals surface area contributed by atoms with Crippen LogP contribution in [0.25, 0.3) is 0 Å². The zero-order chi connectivity index (χ0) is 13.8. The summed E-state index contributed by atoms with van der Waals surface area (Å²) < 4.78 is 18.8. The number of aromatic nitrogens is 1. The van der Waals surface area contributed by atoms with Gasteiger partial charge in [-0.05, 0) is 31.4 Å². The van der Waals surface area contributed by atoms with E-state index in [9.17, 15) is 4.39 Å². The summed E-state index contributed by atoms with van der Waals surface area (Å²) in [5.41, 5.74) is 0. The molecule has 0 bridgehead atoms. The highest BCUT2D eigenvalue weighted by Gasteiger charge is 2.15. The summed E-state index contributed by atoms with van der Waals surface area (Å²) in [6.07, 6.45) is 12.0. The van der Waals surface area contributed by atoms with Crippen molar-refractivity contribution in [1.82, 2.24) is 4.98 Å². The number of anilines is 1. The normalized spacial score (nSPS) is 19.4. The second-order valence-corrected chi connectivity index (χ2v) is 5.18. The third-order valence-electron chi connectivity index (χ3n) is 3.59. The van der Waals surface area contributed by atoms with E-state index in [1.165, 1.54) is 38.2 Å². The third-order valence-corrected chi connectivity index (χ3v) is 3.59. The van der Waals surface area contributed by atoms with E-state index in [0.717, 1.165) is 5.82 Å². The molecule has 2 aliphatic rings. The van der Waals surface area contributed by atoms with E-state index in [2.05, 4.69) is 10.3 Å². The van der Waals surface area contributed by atoms with Crippen LogP contribution in [-0.2, 0) is 0 Å². The minimum Gasteiger partial charge on any atom is -0.457 e. The van der Waals surface area contributed by atoms with Crippen molar-refractivity contribution in [3.63, 3.8) is 0 Å². The molecule has 0 aromatic carbocycles. The molecule has 0 saturated heterocycles. The Balaban J connectivity index is 1.66. The van der Waals surface area contributed by atoms with Crippen molar-refractivity contribution in [3.8, 4) is 5.75 Å². The van der Waals surface area contributed by atoms with Gasteiger partial charge < -0.3 is 10.1 Å². The molecule has 1 heterocycles. The maximum Gasteiger partial charge on any atom is 0.132 e. The van der Waals surface area contributed by atoms with Gasteiger partial charge in [0.05, 0.1) is 0 Å². The Morgan fingerprint density at radius 2 is 2.15 bits per heavy atom. The molecule has 1 saturated carbocycles. The van der Waals surface area contributed by atoms with Crippen molar-refractivity contribution in [2.45, 2.75) is 38.1 Å². The quantitative estimate of drug-likeness (QED) is 0.894. The van der Waals surface area contributed by atoms with E-state index in [0.29, 0.717) is 24.0 Å². The average Bonchev–Trinajstić information content (AvgIpc) is 2.92. The number of rotatable bonds is 4. The number of halogens is 1. The van der Waals surface area contributed by atoms with Crippen LogP contribution in [-0.4, -0.2) is 11.0 Å². The Bertz CT molecular complexity index is 533. The number of allylic oxidation sites excluding steroid dienone is 3. The number of nitrogens with zero attached hydrogens (tertiary/aromatic N) is 1. The molecular weight excluding hydrogens is 255 g/mol. The SMILES string of the molecule is FC1=CC(Oc2ccnc(NC3CCCC3)c2)=CC[CH]1. The van der Waals surface area contributed by atoms with Crippen molar-refractivity contribution in [2.75, 3.05) is 5.32 Å². The molecule has 0 spiro atoms. The minimum atomic E-state index is -0.249. The van der Waals surface area contributed by atoms with Crippen LogP contribution in [0.2, 0.25) is 0 Å². The number of pyridine rings is 1. The van der Waals surface area contributed by atoms with Crippen LogP contribution in [0.15, 0.2) is 42.1 Å². The molecule has 105 valence electrons. The predicted octanol–water partition coefficient (Wildman–Crippen LogP) is 4.16. The summed E-state index contributed by atoms with van der Waals surface area (Å²) >= 11 is 0. The Morgan fingerprint density at radius 3 is 2.95 bits per heavy atom. The molecule has 0 atom stereocenters. The van der Waals surface area contributed by atoms with E-state index in [4.69, 9.17) is 4.74 Å². The molecule has 4 heteroatoms. The minimum absolute atomic E-state index is 0.249. The van der Waals surface area contributed by atoms with Gasteiger partial charge >= 0.3 is 0 Å². The molecule has 20 heavy (non-hydrogen) atoms. The second kappa shape index (κ2) is 6.07. The van der Waals surface area contributed by atoms with Gasteiger partial charge in [0, 0.05) is 30.8 Å². The Kier molecular flexibility index (Phi) is 4.00. The van der Waals surface area contributed by atoms with Crippen molar-refractivity contribution in [2.24, 2.45) is 0 Å². The van der Waals surface area contributed by atoms with Gasteiger partial charge in [-0.1, -0.05) is 12.8 Å². The third kappa shape index (κ3) is 3.38. The standard InChI is InChI=1S/C16H18FN2O/c17-12-4-3-7-14(10-12)20-15-8-9-18-16(11-15)19-13-5-1-2-6-13/h4,7-11,13H,1-3,5-6H2,(H,18,19). The monoisotopic (exact) mass is 273 g/mol. The molecular formula is C16H18FN2O. The zero-order valence-electron chi connectivity index (χ0n) is 11.3.